The number of nitrogens with zero attached hydrogens (tertiary/aromatic N) is 1. The zero-order valence-electron chi connectivity index (χ0n) is 6.28. The first kappa shape index (κ1) is 8.59. The van der Waals surface area contributed by atoms with E-state index >= 15 is 0 Å². The Labute approximate surface area is 79.9 Å². The molecule has 0 aromatic heterocycles. The van der Waals surface area contributed by atoms with Gasteiger partial charge in [-0.05, 0) is 0 Å². The van der Waals surface area contributed by atoms with E-state index in [2.05, 4.69) is 13.0 Å². The molecule has 0 saturated heterocycles. The molecule has 0 N–H and O–H groups in total. The summed E-state index contributed by atoms with van der Waals surface area (Å²) in [5, 5.41) is 8.52. The predicted octanol–water partition coefficient (Wildman–Crippen LogP) is 1.52. The van der Waals surface area contributed by atoms with Gasteiger partial charge in [0, 0.05) is 0 Å². The Hall–Kier alpha value is -0.500. The van der Waals surface area contributed by atoms with Gasteiger partial charge in [0.2, 0.25) is 0 Å². The van der Waals surface area contributed by atoms with Crippen molar-refractivity contribution < 1.29 is 0 Å². The van der Waals surface area contributed by atoms with Crippen LogP contribution < -0.4 is 0 Å². The second-order valence-electron chi connectivity index (χ2n) is 2.41. The Balaban J connectivity index is 2.94. The van der Waals surface area contributed by atoms with Gasteiger partial charge < -0.3 is 0 Å². The Morgan fingerprint density at radius 1 is 1.36 bits per heavy atom. The number of nitriles is 1. The van der Waals surface area contributed by atoms with Crippen LogP contribution in [-0.4, -0.2) is 22.3 Å². The molecule has 0 aliphatic heterocycles. The molecule has 1 aromatic carbocycles. The number of hydrogen-bond acceptors (Lipinski definition) is 1. The molecule has 0 spiro atoms. The molecule has 0 amide bonds. The Morgan fingerprint density at radius 2 is 1.91 bits per heavy atom. The summed E-state index contributed by atoms with van der Waals surface area (Å²) in [5.74, 6) is 0. The molecule has 0 radical (unpaired) electrons. The van der Waals surface area contributed by atoms with E-state index in [1.54, 1.807) is 22.3 Å². The van der Waals surface area contributed by atoms with Crippen molar-refractivity contribution in [3.63, 3.8) is 0 Å². The zero-order chi connectivity index (χ0) is 8.27. The van der Waals surface area contributed by atoms with E-state index in [0.29, 0.717) is 3.97 Å². The van der Waals surface area contributed by atoms with Crippen LogP contribution in [0.1, 0.15) is 22.0 Å². The quantitative estimate of drug-likeness (QED) is 0.701. The summed E-state index contributed by atoms with van der Waals surface area (Å²) in [5.41, 5.74) is 2.04. The molecule has 1 unspecified atom stereocenters. The zero-order valence-corrected chi connectivity index (χ0v) is 8.83. The topological polar surface area (TPSA) is 23.8 Å². The van der Waals surface area contributed by atoms with Crippen LogP contribution in [0.3, 0.4) is 0 Å². The van der Waals surface area contributed by atoms with E-state index < -0.39 is 0 Å². The molecule has 0 bridgehead atoms. The van der Waals surface area contributed by atoms with E-state index in [1.165, 1.54) is 5.56 Å². The van der Waals surface area contributed by atoms with Crippen LogP contribution in [0.4, 0.5) is 0 Å². The third-order valence-electron chi connectivity index (χ3n) is 1.52. The summed E-state index contributed by atoms with van der Waals surface area (Å²) < 4.78 is 0.594. The molecule has 1 atom stereocenters. The fraction of sp³-hybridized carbons (Fsp3) is 0.222. The average Bonchev–Trinajstić information content (AvgIpc) is 2.05. The summed E-state index contributed by atoms with van der Waals surface area (Å²) in [7, 11) is 0. The van der Waals surface area contributed by atoms with Gasteiger partial charge >= 0.3 is 79.9 Å². The van der Waals surface area contributed by atoms with E-state index in [-0.39, 0.29) is 0 Å². The van der Waals surface area contributed by atoms with E-state index in [9.17, 15) is 0 Å². The molecule has 1 aromatic rings. The second-order valence-corrected chi connectivity index (χ2v) is 4.62. The van der Waals surface area contributed by atoms with Gasteiger partial charge in [-0.25, -0.2) is 0 Å². The van der Waals surface area contributed by atoms with Crippen LogP contribution in [0, 0.1) is 11.3 Å². The first-order chi connectivity index (χ1) is 5.24. The third-order valence-corrected chi connectivity index (χ3v) is 2.37. The maximum atomic E-state index is 8.52. The standard InChI is InChI=1S/C9H9NTe/c1-7(11)9-4-2-8(6-10)3-5-9/h2-5,7,11H,1H3. The fourth-order valence-corrected chi connectivity index (χ4v) is 1.33. The van der Waals surface area contributed by atoms with Crippen LogP contribution >= 0.6 is 0 Å². The second kappa shape index (κ2) is 3.77. The van der Waals surface area contributed by atoms with Crippen LogP contribution in [-0.2, 0) is 0 Å². The van der Waals surface area contributed by atoms with Crippen molar-refractivity contribution >= 4 is 22.3 Å². The van der Waals surface area contributed by atoms with Gasteiger partial charge in [-0.1, -0.05) is 0 Å². The van der Waals surface area contributed by atoms with Crippen molar-refractivity contribution in [3.05, 3.63) is 35.4 Å². The van der Waals surface area contributed by atoms with E-state index in [4.69, 9.17) is 5.26 Å². The molecule has 1 nitrogen and oxygen atoms in total. The average molecular weight is 259 g/mol. The molecule has 0 heterocycles. The van der Waals surface area contributed by atoms with Gasteiger partial charge in [-0.15, -0.1) is 0 Å². The first-order valence-corrected chi connectivity index (χ1v) is 4.89. The van der Waals surface area contributed by atoms with Gasteiger partial charge in [0.1, 0.15) is 0 Å². The summed E-state index contributed by atoms with van der Waals surface area (Å²) in [6, 6.07) is 9.86. The summed E-state index contributed by atoms with van der Waals surface area (Å²) >= 11 is 1.79. The number of rotatable bonds is 1. The van der Waals surface area contributed by atoms with Crippen molar-refractivity contribution in [2.45, 2.75) is 10.9 Å². The van der Waals surface area contributed by atoms with Crippen molar-refractivity contribution in [2.24, 2.45) is 0 Å². The van der Waals surface area contributed by atoms with Crippen molar-refractivity contribution in [1.29, 1.82) is 5.26 Å². The van der Waals surface area contributed by atoms with Gasteiger partial charge in [0.05, 0.1) is 0 Å². The summed E-state index contributed by atoms with van der Waals surface area (Å²) in [4.78, 5) is 0. The molecule has 2 heteroatoms. The van der Waals surface area contributed by atoms with E-state index in [0.717, 1.165) is 5.56 Å². The van der Waals surface area contributed by atoms with Gasteiger partial charge in [-0.3, -0.25) is 0 Å². The van der Waals surface area contributed by atoms with Crippen molar-refractivity contribution in [2.75, 3.05) is 0 Å². The minimum atomic E-state index is 0.594. The van der Waals surface area contributed by atoms with Crippen LogP contribution in [0.5, 0.6) is 0 Å². The monoisotopic (exact) mass is 261 g/mol. The first-order valence-electron chi connectivity index (χ1n) is 3.42. The van der Waals surface area contributed by atoms with Crippen LogP contribution in [0.15, 0.2) is 24.3 Å². The Bertz CT molecular complexity index is 269. The van der Waals surface area contributed by atoms with E-state index in [1.807, 2.05) is 24.3 Å². The van der Waals surface area contributed by atoms with Crippen LogP contribution in [0.2, 0.25) is 0 Å². The molecule has 11 heavy (non-hydrogen) atoms. The van der Waals surface area contributed by atoms with Gasteiger partial charge in [-0.2, -0.15) is 0 Å². The molecule has 0 saturated carbocycles. The molecular weight excluding hydrogens is 250 g/mol. The summed E-state index contributed by atoms with van der Waals surface area (Å²) in [6.45, 7) is 2.16. The maximum absolute atomic E-state index is 8.52. The molecule has 0 aliphatic carbocycles. The van der Waals surface area contributed by atoms with Crippen molar-refractivity contribution in [3.8, 4) is 6.07 Å². The number of hydrogen-bond donors (Lipinski definition) is 0. The summed E-state index contributed by atoms with van der Waals surface area (Å²) in [6.07, 6.45) is 0. The molecular formula is C9H9NTe. The normalized spacial score (nSPS) is 12.1. The fourth-order valence-electron chi connectivity index (χ4n) is 0.836. The Kier molecular flexibility index (Phi) is 2.94. The Morgan fingerprint density at radius 3 is 2.27 bits per heavy atom. The molecule has 0 aliphatic rings. The third kappa shape index (κ3) is 2.22. The SMILES string of the molecule is CC([TeH])c1ccc(C#N)cc1. The van der Waals surface area contributed by atoms with Gasteiger partial charge in [0.25, 0.3) is 0 Å². The number of benzene rings is 1. The van der Waals surface area contributed by atoms with Crippen LogP contribution in [0.25, 0.3) is 0 Å². The molecule has 0 fully saturated rings. The van der Waals surface area contributed by atoms with Gasteiger partial charge in [0.15, 0.2) is 0 Å². The van der Waals surface area contributed by atoms with Crippen molar-refractivity contribution in [1.82, 2.24) is 0 Å². The minimum absolute atomic E-state index is 0.594. The predicted molar refractivity (Wildman–Crippen MR) is 46.7 cm³/mol. The molecule has 1 rings (SSSR count). The molecule has 56 valence electrons.